The molecule has 4 nitrogen and oxygen atoms in total. The number of piperidine rings is 1. The van der Waals surface area contributed by atoms with E-state index in [4.69, 9.17) is 9.57 Å². The third kappa shape index (κ3) is 12.7. The highest BCUT2D eigenvalue weighted by Crippen LogP contribution is 2.40. The van der Waals surface area contributed by atoms with Crippen LogP contribution >= 0.6 is 0 Å². The Kier molecular flexibility index (Phi) is 14.7. The number of unbranched alkanes of at least 4 members (excludes halogenated alkanes) is 14. The number of carbonyl (C=O) groups is 1. The van der Waals surface area contributed by atoms with E-state index in [1.165, 1.54) is 83.5 Å². The van der Waals surface area contributed by atoms with Gasteiger partial charge in [0.15, 0.2) is 0 Å². The molecule has 0 saturated carbocycles. The molecule has 37 heavy (non-hydrogen) atoms. The number of hydrogen-bond donors (Lipinski definition) is 0. The van der Waals surface area contributed by atoms with Gasteiger partial charge in [-0.25, -0.2) is 0 Å². The van der Waals surface area contributed by atoms with Crippen LogP contribution in [0.4, 0.5) is 0 Å². The van der Waals surface area contributed by atoms with E-state index in [9.17, 15) is 4.79 Å². The molecule has 0 amide bonds. The van der Waals surface area contributed by atoms with Gasteiger partial charge in [-0.1, -0.05) is 115 Å². The van der Waals surface area contributed by atoms with Crippen molar-refractivity contribution >= 4 is 5.97 Å². The monoisotopic (exact) mass is 515 g/mol. The number of nitrogens with zero attached hydrogens (tertiary/aromatic N) is 1. The first-order chi connectivity index (χ1) is 17.7. The third-order valence-electron chi connectivity index (χ3n) is 7.78. The second kappa shape index (κ2) is 17.1. The molecule has 0 unspecified atom stereocenters. The fourth-order valence-electron chi connectivity index (χ4n) is 5.98. The molecule has 4 heteroatoms. The highest BCUT2D eigenvalue weighted by molar-refractivity contribution is 5.69. The van der Waals surface area contributed by atoms with E-state index in [1.54, 1.807) is 0 Å². The quantitative estimate of drug-likeness (QED) is 0.172. The molecule has 0 aromatic heterocycles. The summed E-state index contributed by atoms with van der Waals surface area (Å²) < 4.78 is 6.27. The summed E-state index contributed by atoms with van der Waals surface area (Å²) >= 11 is 0. The molecule has 1 aliphatic rings. The van der Waals surface area contributed by atoms with Crippen molar-refractivity contribution in [2.24, 2.45) is 0 Å². The first-order valence-corrected chi connectivity index (χ1v) is 15.5. The molecule has 0 aliphatic carbocycles. The Hall–Kier alpha value is -1.55. The predicted molar refractivity (Wildman–Crippen MR) is 156 cm³/mol. The van der Waals surface area contributed by atoms with Gasteiger partial charge in [0.05, 0.1) is 11.1 Å². The summed E-state index contributed by atoms with van der Waals surface area (Å²) in [6, 6.07) is 10.0. The van der Waals surface area contributed by atoms with E-state index < -0.39 is 0 Å². The van der Waals surface area contributed by atoms with Crippen LogP contribution in [0.3, 0.4) is 0 Å². The zero-order valence-electron chi connectivity index (χ0n) is 24.9. The average molecular weight is 516 g/mol. The van der Waals surface area contributed by atoms with E-state index in [2.05, 4.69) is 34.6 Å². The fraction of sp³-hybridized carbons (Fsp3) is 0.788. The standard InChI is InChI=1S/C33H57NO3/c1-6-7-8-9-10-11-12-13-14-15-16-17-18-19-23-26-31(35)37-34-32(2,3)27-30(28-33(34,4)5)36-29-24-21-20-22-25-29/h20-22,24-25,30H,6-19,23,26-28H2,1-5H3. The largest absolute Gasteiger partial charge is 0.490 e. The molecule has 1 aliphatic heterocycles. The number of para-hydroxylation sites is 1. The lowest BCUT2D eigenvalue weighted by Crippen LogP contribution is -2.62. The molecule has 1 aromatic rings. The van der Waals surface area contributed by atoms with Gasteiger partial charge in [-0.05, 0) is 46.2 Å². The van der Waals surface area contributed by atoms with E-state index in [1.807, 2.05) is 35.4 Å². The number of carbonyl (C=O) groups excluding carboxylic acids is 1. The van der Waals surface area contributed by atoms with Crippen LogP contribution in [0.5, 0.6) is 5.75 Å². The van der Waals surface area contributed by atoms with Gasteiger partial charge in [0.2, 0.25) is 0 Å². The van der Waals surface area contributed by atoms with Gasteiger partial charge < -0.3 is 9.57 Å². The highest BCUT2D eigenvalue weighted by atomic mass is 16.7. The lowest BCUT2D eigenvalue weighted by molar-refractivity contribution is -0.274. The van der Waals surface area contributed by atoms with Crippen LogP contribution in [0.25, 0.3) is 0 Å². The van der Waals surface area contributed by atoms with E-state index in [-0.39, 0.29) is 23.2 Å². The highest BCUT2D eigenvalue weighted by Gasteiger charge is 2.49. The van der Waals surface area contributed by atoms with Gasteiger partial charge in [0.25, 0.3) is 0 Å². The number of ether oxygens (including phenoxy) is 1. The summed E-state index contributed by atoms with van der Waals surface area (Å²) in [4.78, 5) is 18.7. The first-order valence-electron chi connectivity index (χ1n) is 15.5. The molecular formula is C33H57NO3. The summed E-state index contributed by atoms with van der Waals surface area (Å²) in [5.41, 5.74) is -0.572. The van der Waals surface area contributed by atoms with E-state index in [0.29, 0.717) is 6.42 Å². The van der Waals surface area contributed by atoms with Gasteiger partial charge >= 0.3 is 5.97 Å². The molecule has 212 valence electrons. The van der Waals surface area contributed by atoms with Crippen molar-refractivity contribution in [2.75, 3.05) is 0 Å². The maximum Gasteiger partial charge on any atom is 0.325 e. The summed E-state index contributed by atoms with van der Waals surface area (Å²) in [5, 5.41) is 1.94. The fourth-order valence-corrected chi connectivity index (χ4v) is 5.98. The SMILES string of the molecule is CCCCCCCCCCCCCCCCCC(=O)ON1C(C)(C)CC(Oc2ccccc2)CC1(C)C. The molecule has 0 spiro atoms. The molecule has 0 radical (unpaired) electrons. The minimum Gasteiger partial charge on any atom is -0.490 e. The van der Waals surface area contributed by atoms with Crippen molar-refractivity contribution in [3.63, 3.8) is 0 Å². The third-order valence-corrected chi connectivity index (χ3v) is 7.78. The van der Waals surface area contributed by atoms with Crippen LogP contribution in [-0.2, 0) is 9.63 Å². The molecule has 1 heterocycles. The van der Waals surface area contributed by atoms with Gasteiger partial charge in [-0.3, -0.25) is 4.79 Å². The van der Waals surface area contributed by atoms with Crippen LogP contribution in [-0.4, -0.2) is 28.2 Å². The Bertz CT molecular complexity index is 712. The lowest BCUT2D eigenvalue weighted by Gasteiger charge is -2.52. The Morgan fingerprint density at radius 2 is 1.16 bits per heavy atom. The van der Waals surface area contributed by atoms with Crippen LogP contribution in [0.1, 0.15) is 150 Å². The molecular weight excluding hydrogens is 458 g/mol. The Labute approximate surface area is 228 Å². The number of hydroxylamine groups is 2. The molecule has 1 fully saturated rings. The Morgan fingerprint density at radius 3 is 1.62 bits per heavy atom. The Morgan fingerprint density at radius 1 is 0.730 bits per heavy atom. The molecule has 0 bridgehead atoms. The normalized spacial score (nSPS) is 17.5. The second-order valence-corrected chi connectivity index (χ2v) is 12.5. The Balaban J connectivity index is 1.54. The minimum absolute atomic E-state index is 0.0953. The molecule has 0 atom stereocenters. The van der Waals surface area contributed by atoms with Gasteiger partial charge in [0, 0.05) is 19.3 Å². The second-order valence-electron chi connectivity index (χ2n) is 12.5. The predicted octanol–water partition coefficient (Wildman–Crippen LogP) is 9.81. The van der Waals surface area contributed by atoms with Crippen LogP contribution < -0.4 is 4.74 Å². The smallest absolute Gasteiger partial charge is 0.325 e. The first kappa shape index (κ1) is 31.7. The zero-order chi connectivity index (χ0) is 27.0. The molecule has 0 N–H and O–H groups in total. The van der Waals surface area contributed by atoms with Gasteiger partial charge in [-0.2, -0.15) is 0 Å². The van der Waals surface area contributed by atoms with Gasteiger partial charge in [0.1, 0.15) is 11.9 Å². The molecule has 1 saturated heterocycles. The number of hydrogen-bond acceptors (Lipinski definition) is 4. The number of rotatable bonds is 19. The summed E-state index contributed by atoms with van der Waals surface area (Å²) in [5.74, 6) is 0.802. The minimum atomic E-state index is -0.286. The maximum absolute atomic E-state index is 12.7. The molecule has 1 aromatic carbocycles. The summed E-state index contributed by atoms with van der Waals surface area (Å²) in [7, 11) is 0. The van der Waals surface area contributed by atoms with Crippen LogP contribution in [0, 0.1) is 0 Å². The van der Waals surface area contributed by atoms with Gasteiger partial charge in [-0.15, -0.1) is 5.06 Å². The van der Waals surface area contributed by atoms with E-state index in [0.717, 1.165) is 31.4 Å². The van der Waals surface area contributed by atoms with Crippen LogP contribution in [0.15, 0.2) is 30.3 Å². The summed E-state index contributed by atoms with van der Waals surface area (Å²) in [6.07, 6.45) is 22.2. The summed E-state index contributed by atoms with van der Waals surface area (Å²) in [6.45, 7) is 10.9. The zero-order valence-corrected chi connectivity index (χ0v) is 24.9. The van der Waals surface area contributed by atoms with Crippen molar-refractivity contribution in [2.45, 2.75) is 167 Å². The van der Waals surface area contributed by atoms with Crippen molar-refractivity contribution in [3.8, 4) is 5.75 Å². The number of benzene rings is 1. The lowest BCUT2D eigenvalue weighted by atomic mass is 9.80. The van der Waals surface area contributed by atoms with Crippen molar-refractivity contribution in [1.82, 2.24) is 5.06 Å². The van der Waals surface area contributed by atoms with Crippen molar-refractivity contribution in [3.05, 3.63) is 30.3 Å². The van der Waals surface area contributed by atoms with Crippen LogP contribution in [0.2, 0.25) is 0 Å². The average Bonchev–Trinajstić information content (AvgIpc) is 2.84. The maximum atomic E-state index is 12.7. The molecule has 2 rings (SSSR count). The van der Waals surface area contributed by atoms with E-state index >= 15 is 0 Å². The van der Waals surface area contributed by atoms with Crippen molar-refractivity contribution < 1.29 is 14.4 Å². The topological polar surface area (TPSA) is 38.8 Å². The van der Waals surface area contributed by atoms with Crippen molar-refractivity contribution in [1.29, 1.82) is 0 Å².